The lowest BCUT2D eigenvalue weighted by molar-refractivity contribution is -0.384. The number of nitro groups is 1. The third kappa shape index (κ3) is 3.13. The lowest BCUT2D eigenvalue weighted by Gasteiger charge is -2.18. The lowest BCUT2D eigenvalue weighted by atomic mass is 10.1. The number of hydrogen-bond acceptors (Lipinski definition) is 3. The number of rotatable bonds is 6. The highest BCUT2D eigenvalue weighted by Gasteiger charge is 2.26. The Morgan fingerprint density at radius 3 is 2.83 bits per heavy atom. The Labute approximate surface area is 111 Å². The molecule has 98 valence electrons. The van der Waals surface area contributed by atoms with Crippen molar-refractivity contribution in [2.75, 3.05) is 5.32 Å². The highest BCUT2D eigenvalue weighted by Crippen LogP contribution is 2.37. The number of halogens is 1. The van der Waals surface area contributed by atoms with Crippen LogP contribution < -0.4 is 5.32 Å². The fraction of sp³-hybridized carbons (Fsp3) is 0.538. The van der Waals surface area contributed by atoms with Crippen LogP contribution in [0.4, 0.5) is 11.4 Å². The van der Waals surface area contributed by atoms with Crippen LogP contribution in [0.5, 0.6) is 0 Å². The molecule has 0 amide bonds. The molecule has 1 aliphatic carbocycles. The number of anilines is 1. The van der Waals surface area contributed by atoms with E-state index in [9.17, 15) is 10.1 Å². The van der Waals surface area contributed by atoms with E-state index in [0.29, 0.717) is 10.7 Å². The van der Waals surface area contributed by atoms with E-state index in [1.807, 2.05) is 0 Å². The van der Waals surface area contributed by atoms with Gasteiger partial charge in [-0.2, -0.15) is 0 Å². The summed E-state index contributed by atoms with van der Waals surface area (Å²) in [5.74, 6) is 0.781. The first-order valence-electron chi connectivity index (χ1n) is 6.31. The maximum absolute atomic E-state index is 11.0. The van der Waals surface area contributed by atoms with Crippen LogP contribution in [0.3, 0.4) is 0 Å². The summed E-state index contributed by atoms with van der Waals surface area (Å²) in [6.07, 6.45) is 4.57. The number of nitrogens with one attached hydrogen (secondary N) is 1. The van der Waals surface area contributed by atoms with Crippen LogP contribution in [-0.4, -0.2) is 11.0 Å². The molecule has 1 atom stereocenters. The van der Waals surface area contributed by atoms with Gasteiger partial charge >= 0.3 is 0 Å². The van der Waals surface area contributed by atoms with E-state index in [2.05, 4.69) is 12.2 Å². The molecular formula is C13H17ClN2O2. The molecule has 4 nitrogen and oxygen atoms in total. The smallest absolute Gasteiger partial charge is 0.293 e. The minimum absolute atomic E-state index is 0.0525. The van der Waals surface area contributed by atoms with Crippen LogP contribution in [-0.2, 0) is 0 Å². The Morgan fingerprint density at radius 1 is 1.56 bits per heavy atom. The number of nitro benzene ring substituents is 1. The zero-order valence-electron chi connectivity index (χ0n) is 10.4. The van der Waals surface area contributed by atoms with Crippen LogP contribution in [0.25, 0.3) is 0 Å². The molecule has 1 N–H and O–H groups in total. The number of benzene rings is 1. The van der Waals surface area contributed by atoms with Gasteiger partial charge in [0, 0.05) is 12.1 Å². The molecule has 0 radical (unpaired) electrons. The Hall–Kier alpha value is -1.29. The molecule has 2 rings (SSSR count). The summed E-state index contributed by atoms with van der Waals surface area (Å²) < 4.78 is 0. The summed E-state index contributed by atoms with van der Waals surface area (Å²) >= 11 is 6.06. The SMILES string of the molecule is CCC(CC1CC1)Nc1c(Cl)cccc1[N+](=O)[O-]. The van der Waals surface area contributed by atoms with Gasteiger partial charge in [-0.3, -0.25) is 10.1 Å². The average molecular weight is 269 g/mol. The summed E-state index contributed by atoms with van der Waals surface area (Å²) in [5, 5.41) is 14.6. The molecule has 0 spiro atoms. The van der Waals surface area contributed by atoms with E-state index < -0.39 is 4.92 Å². The fourth-order valence-electron chi connectivity index (χ4n) is 2.10. The van der Waals surface area contributed by atoms with E-state index in [1.165, 1.54) is 18.9 Å². The van der Waals surface area contributed by atoms with E-state index >= 15 is 0 Å². The van der Waals surface area contributed by atoms with Crippen LogP contribution in [0, 0.1) is 16.0 Å². The normalized spacial score (nSPS) is 16.3. The van der Waals surface area contributed by atoms with Gasteiger partial charge in [0.2, 0.25) is 0 Å². The Bertz CT molecular complexity index is 447. The second kappa shape index (κ2) is 5.57. The fourth-order valence-corrected chi connectivity index (χ4v) is 2.32. The van der Waals surface area contributed by atoms with E-state index in [4.69, 9.17) is 11.6 Å². The number of para-hydroxylation sites is 1. The molecule has 1 aromatic carbocycles. The van der Waals surface area contributed by atoms with E-state index in [1.54, 1.807) is 12.1 Å². The average Bonchev–Trinajstić information content (AvgIpc) is 3.14. The van der Waals surface area contributed by atoms with Crippen molar-refractivity contribution in [2.24, 2.45) is 5.92 Å². The molecule has 0 heterocycles. The van der Waals surface area contributed by atoms with E-state index in [0.717, 1.165) is 18.8 Å². The number of hydrogen-bond donors (Lipinski definition) is 1. The third-order valence-electron chi connectivity index (χ3n) is 3.34. The zero-order valence-corrected chi connectivity index (χ0v) is 11.1. The van der Waals surface area contributed by atoms with Gasteiger partial charge in [0.05, 0.1) is 9.95 Å². The van der Waals surface area contributed by atoms with Crippen molar-refractivity contribution in [1.29, 1.82) is 0 Å². The summed E-state index contributed by atoms with van der Waals surface area (Å²) in [6.45, 7) is 2.09. The van der Waals surface area contributed by atoms with Crippen LogP contribution in [0.1, 0.15) is 32.6 Å². The summed E-state index contributed by atoms with van der Waals surface area (Å²) in [5.41, 5.74) is 0.508. The standard InChI is InChI=1S/C13H17ClN2O2/c1-2-10(8-9-6-7-9)15-13-11(14)4-3-5-12(13)16(17)18/h3-5,9-10,15H,2,6-8H2,1H3. The van der Waals surface area contributed by atoms with Gasteiger partial charge in [-0.25, -0.2) is 0 Å². The van der Waals surface area contributed by atoms with Gasteiger partial charge in [0.25, 0.3) is 5.69 Å². The Balaban J connectivity index is 2.17. The highest BCUT2D eigenvalue weighted by molar-refractivity contribution is 6.33. The van der Waals surface area contributed by atoms with Gasteiger partial charge in [0.1, 0.15) is 5.69 Å². The van der Waals surface area contributed by atoms with Crippen molar-refractivity contribution in [1.82, 2.24) is 0 Å². The second-order valence-corrected chi connectivity index (χ2v) is 5.23. The third-order valence-corrected chi connectivity index (χ3v) is 3.66. The van der Waals surface area contributed by atoms with Gasteiger partial charge < -0.3 is 5.32 Å². The minimum atomic E-state index is -0.391. The van der Waals surface area contributed by atoms with Crippen molar-refractivity contribution < 1.29 is 4.92 Å². The lowest BCUT2D eigenvalue weighted by Crippen LogP contribution is -2.20. The molecule has 1 aliphatic rings. The topological polar surface area (TPSA) is 55.2 Å². The summed E-state index contributed by atoms with van der Waals surface area (Å²) in [6, 6.07) is 5.03. The first-order chi connectivity index (χ1) is 8.61. The molecule has 0 aliphatic heterocycles. The van der Waals surface area contributed by atoms with Gasteiger partial charge in [-0.05, 0) is 24.8 Å². The first kappa shape index (κ1) is 13.1. The Morgan fingerprint density at radius 2 is 2.28 bits per heavy atom. The molecule has 1 saturated carbocycles. The molecule has 0 saturated heterocycles. The minimum Gasteiger partial charge on any atom is -0.376 e. The van der Waals surface area contributed by atoms with Crippen LogP contribution in [0.2, 0.25) is 5.02 Å². The predicted molar refractivity (Wildman–Crippen MR) is 73.1 cm³/mol. The van der Waals surface area contributed by atoms with Crippen molar-refractivity contribution in [2.45, 2.75) is 38.6 Å². The van der Waals surface area contributed by atoms with Crippen molar-refractivity contribution >= 4 is 23.0 Å². The molecule has 1 unspecified atom stereocenters. The molecule has 1 fully saturated rings. The quantitative estimate of drug-likeness (QED) is 0.620. The summed E-state index contributed by atoms with van der Waals surface area (Å²) in [4.78, 5) is 10.6. The molecular weight excluding hydrogens is 252 g/mol. The molecule has 0 bridgehead atoms. The summed E-state index contributed by atoms with van der Waals surface area (Å²) in [7, 11) is 0. The van der Waals surface area contributed by atoms with Crippen molar-refractivity contribution in [3.05, 3.63) is 33.3 Å². The maximum atomic E-state index is 11.0. The van der Waals surface area contributed by atoms with Crippen LogP contribution in [0.15, 0.2) is 18.2 Å². The zero-order chi connectivity index (χ0) is 13.1. The monoisotopic (exact) mass is 268 g/mol. The van der Waals surface area contributed by atoms with Crippen LogP contribution >= 0.6 is 11.6 Å². The van der Waals surface area contributed by atoms with E-state index in [-0.39, 0.29) is 11.7 Å². The molecule has 5 heteroatoms. The van der Waals surface area contributed by atoms with Gasteiger partial charge in [-0.15, -0.1) is 0 Å². The second-order valence-electron chi connectivity index (χ2n) is 4.82. The van der Waals surface area contributed by atoms with Gasteiger partial charge in [0.15, 0.2) is 0 Å². The Kier molecular flexibility index (Phi) is 4.07. The molecule has 1 aromatic rings. The highest BCUT2D eigenvalue weighted by atomic mass is 35.5. The van der Waals surface area contributed by atoms with Gasteiger partial charge in [-0.1, -0.05) is 37.4 Å². The number of nitrogens with zero attached hydrogens (tertiary/aromatic N) is 1. The largest absolute Gasteiger partial charge is 0.376 e. The molecule has 18 heavy (non-hydrogen) atoms. The maximum Gasteiger partial charge on any atom is 0.293 e. The molecule has 0 aromatic heterocycles. The first-order valence-corrected chi connectivity index (χ1v) is 6.69. The van der Waals surface area contributed by atoms with Crippen molar-refractivity contribution in [3.63, 3.8) is 0 Å². The predicted octanol–water partition coefficient (Wildman–Crippen LogP) is 4.24. The van der Waals surface area contributed by atoms with Crippen molar-refractivity contribution in [3.8, 4) is 0 Å².